The Morgan fingerprint density at radius 3 is 2.50 bits per heavy atom. The van der Waals surface area contributed by atoms with E-state index in [1.54, 1.807) is 29.1 Å². The molecule has 5 heteroatoms. The highest BCUT2D eigenvalue weighted by atomic mass is 16.5. The Hall–Kier alpha value is -2.30. The molecule has 0 fully saturated rings. The summed E-state index contributed by atoms with van der Waals surface area (Å²) in [6.07, 6.45) is 3.29. The number of anilines is 1. The van der Waals surface area contributed by atoms with Crippen molar-refractivity contribution in [2.75, 3.05) is 5.73 Å². The third-order valence-corrected chi connectivity index (χ3v) is 3.14. The number of esters is 1. The molecule has 0 bridgehead atoms. The zero-order valence-electron chi connectivity index (χ0n) is 11.7. The normalized spacial score (nSPS) is 10.8. The van der Waals surface area contributed by atoms with Gasteiger partial charge in [-0.05, 0) is 43.2 Å². The Morgan fingerprint density at radius 2 is 1.90 bits per heavy atom. The summed E-state index contributed by atoms with van der Waals surface area (Å²) in [5.74, 6) is -0.382. The summed E-state index contributed by atoms with van der Waals surface area (Å²) < 4.78 is 7.00. The van der Waals surface area contributed by atoms with Gasteiger partial charge in [0.05, 0.1) is 5.69 Å². The van der Waals surface area contributed by atoms with Gasteiger partial charge in [0.25, 0.3) is 0 Å². The molecule has 1 aromatic carbocycles. The zero-order chi connectivity index (χ0) is 14.5. The number of nitrogen functional groups attached to an aromatic ring is 1. The van der Waals surface area contributed by atoms with Gasteiger partial charge in [-0.3, -0.25) is 0 Å². The Morgan fingerprint density at radius 1 is 1.25 bits per heavy atom. The number of ether oxygens (including phenoxy) is 1. The maximum atomic E-state index is 12.0. The van der Waals surface area contributed by atoms with Crippen molar-refractivity contribution in [2.45, 2.75) is 32.8 Å². The molecule has 106 valence electrons. The van der Waals surface area contributed by atoms with E-state index >= 15 is 0 Å². The van der Waals surface area contributed by atoms with E-state index in [1.807, 2.05) is 26.0 Å². The van der Waals surface area contributed by atoms with Crippen LogP contribution in [0.15, 0.2) is 36.5 Å². The second-order valence-corrected chi connectivity index (χ2v) is 4.58. The largest absolute Gasteiger partial charge is 0.458 e. The molecular weight excluding hydrogens is 254 g/mol. The van der Waals surface area contributed by atoms with Crippen LogP contribution in [0, 0.1) is 0 Å². The lowest BCUT2D eigenvalue weighted by molar-refractivity contribution is 0.0277. The van der Waals surface area contributed by atoms with Crippen LogP contribution in [0.1, 0.15) is 37.2 Å². The van der Waals surface area contributed by atoms with Gasteiger partial charge in [-0.2, -0.15) is 5.10 Å². The molecule has 2 aromatic rings. The Kier molecular flexibility index (Phi) is 4.40. The van der Waals surface area contributed by atoms with Gasteiger partial charge in [0.1, 0.15) is 6.10 Å². The van der Waals surface area contributed by atoms with E-state index in [2.05, 4.69) is 5.10 Å². The van der Waals surface area contributed by atoms with Crippen LogP contribution in [-0.4, -0.2) is 21.9 Å². The average Bonchev–Trinajstić information content (AvgIpc) is 2.95. The SMILES string of the molecule is CCC(CC)OC(=O)c1ccn(-c2ccc(N)cc2)n1. The van der Waals surface area contributed by atoms with E-state index in [0.29, 0.717) is 11.4 Å². The summed E-state index contributed by atoms with van der Waals surface area (Å²) in [6, 6.07) is 8.93. The molecule has 5 nitrogen and oxygen atoms in total. The zero-order valence-corrected chi connectivity index (χ0v) is 11.7. The van der Waals surface area contributed by atoms with E-state index in [1.165, 1.54) is 0 Å². The fraction of sp³-hybridized carbons (Fsp3) is 0.333. The lowest BCUT2D eigenvalue weighted by atomic mass is 10.2. The van der Waals surface area contributed by atoms with Crippen molar-refractivity contribution >= 4 is 11.7 Å². The maximum Gasteiger partial charge on any atom is 0.359 e. The minimum absolute atomic E-state index is 0.0517. The van der Waals surface area contributed by atoms with Crippen molar-refractivity contribution in [3.63, 3.8) is 0 Å². The van der Waals surface area contributed by atoms with Gasteiger partial charge in [-0.15, -0.1) is 0 Å². The third-order valence-electron chi connectivity index (χ3n) is 3.14. The van der Waals surface area contributed by atoms with Crippen LogP contribution in [0.2, 0.25) is 0 Å². The van der Waals surface area contributed by atoms with Crippen LogP contribution in [-0.2, 0) is 4.74 Å². The first kappa shape index (κ1) is 14.1. The minimum Gasteiger partial charge on any atom is -0.458 e. The van der Waals surface area contributed by atoms with Gasteiger partial charge in [0, 0.05) is 11.9 Å². The quantitative estimate of drug-likeness (QED) is 0.671. The molecule has 2 N–H and O–H groups in total. The monoisotopic (exact) mass is 273 g/mol. The van der Waals surface area contributed by atoms with Gasteiger partial charge in [-0.25, -0.2) is 9.48 Å². The van der Waals surface area contributed by atoms with E-state index in [0.717, 1.165) is 18.5 Å². The summed E-state index contributed by atoms with van der Waals surface area (Å²) in [5, 5.41) is 4.23. The number of nitrogens with two attached hydrogens (primary N) is 1. The average molecular weight is 273 g/mol. The van der Waals surface area contributed by atoms with Crippen LogP contribution >= 0.6 is 0 Å². The predicted octanol–water partition coefficient (Wildman–Crippen LogP) is 2.80. The summed E-state index contributed by atoms with van der Waals surface area (Å²) in [7, 11) is 0. The van der Waals surface area contributed by atoms with Crippen molar-refractivity contribution in [1.82, 2.24) is 9.78 Å². The molecular formula is C15H19N3O2. The van der Waals surface area contributed by atoms with E-state index in [9.17, 15) is 4.79 Å². The van der Waals surface area contributed by atoms with Crippen molar-refractivity contribution in [3.05, 3.63) is 42.2 Å². The molecule has 0 unspecified atom stereocenters. The van der Waals surface area contributed by atoms with E-state index in [4.69, 9.17) is 10.5 Å². The minimum atomic E-state index is -0.382. The fourth-order valence-corrected chi connectivity index (χ4v) is 1.87. The second kappa shape index (κ2) is 6.23. The number of carbonyl (C=O) groups is 1. The number of rotatable bonds is 5. The number of carbonyl (C=O) groups excluding carboxylic acids is 1. The summed E-state index contributed by atoms with van der Waals surface area (Å²) in [4.78, 5) is 12.0. The second-order valence-electron chi connectivity index (χ2n) is 4.58. The Labute approximate surface area is 118 Å². The van der Waals surface area contributed by atoms with Gasteiger partial charge in [0.2, 0.25) is 0 Å². The fourth-order valence-electron chi connectivity index (χ4n) is 1.87. The van der Waals surface area contributed by atoms with Gasteiger partial charge >= 0.3 is 5.97 Å². The molecule has 0 aliphatic rings. The van der Waals surface area contributed by atoms with Crippen molar-refractivity contribution in [3.8, 4) is 5.69 Å². The molecule has 2 rings (SSSR count). The molecule has 0 spiro atoms. The van der Waals surface area contributed by atoms with Crippen molar-refractivity contribution in [2.24, 2.45) is 0 Å². The standard InChI is InChI=1S/C15H19N3O2/c1-3-13(4-2)20-15(19)14-9-10-18(17-14)12-7-5-11(16)6-8-12/h5-10,13H,3-4,16H2,1-2H3. The lowest BCUT2D eigenvalue weighted by Gasteiger charge is -2.12. The van der Waals surface area contributed by atoms with Crippen LogP contribution in [0.25, 0.3) is 5.69 Å². The summed E-state index contributed by atoms with van der Waals surface area (Å²) in [5.41, 5.74) is 7.49. The highest BCUT2D eigenvalue weighted by Gasteiger charge is 2.15. The van der Waals surface area contributed by atoms with Gasteiger partial charge in [-0.1, -0.05) is 13.8 Å². The molecule has 0 aliphatic heterocycles. The lowest BCUT2D eigenvalue weighted by Crippen LogP contribution is -2.17. The number of benzene rings is 1. The molecule has 0 aliphatic carbocycles. The molecule has 0 atom stereocenters. The van der Waals surface area contributed by atoms with Gasteiger partial charge in [0.15, 0.2) is 5.69 Å². The van der Waals surface area contributed by atoms with Gasteiger partial charge < -0.3 is 10.5 Å². The summed E-state index contributed by atoms with van der Waals surface area (Å²) >= 11 is 0. The number of nitrogens with zero attached hydrogens (tertiary/aromatic N) is 2. The molecule has 0 saturated carbocycles. The smallest absolute Gasteiger partial charge is 0.359 e. The molecule has 1 heterocycles. The van der Waals surface area contributed by atoms with E-state index in [-0.39, 0.29) is 12.1 Å². The number of hydrogen-bond donors (Lipinski definition) is 1. The number of aromatic nitrogens is 2. The Bertz CT molecular complexity index is 571. The highest BCUT2D eigenvalue weighted by Crippen LogP contribution is 2.12. The first-order chi connectivity index (χ1) is 9.63. The van der Waals surface area contributed by atoms with Crippen LogP contribution in [0.3, 0.4) is 0 Å². The third kappa shape index (κ3) is 3.17. The van der Waals surface area contributed by atoms with Crippen LogP contribution in [0.4, 0.5) is 5.69 Å². The first-order valence-electron chi connectivity index (χ1n) is 6.76. The highest BCUT2D eigenvalue weighted by molar-refractivity contribution is 5.87. The van der Waals surface area contributed by atoms with Crippen molar-refractivity contribution < 1.29 is 9.53 Å². The molecule has 20 heavy (non-hydrogen) atoms. The predicted molar refractivity (Wildman–Crippen MR) is 77.8 cm³/mol. The first-order valence-corrected chi connectivity index (χ1v) is 6.76. The molecule has 0 radical (unpaired) electrons. The van der Waals surface area contributed by atoms with Crippen LogP contribution < -0.4 is 5.73 Å². The van der Waals surface area contributed by atoms with Crippen molar-refractivity contribution in [1.29, 1.82) is 0 Å². The van der Waals surface area contributed by atoms with Crippen LogP contribution in [0.5, 0.6) is 0 Å². The molecule has 0 saturated heterocycles. The van der Waals surface area contributed by atoms with E-state index < -0.39 is 0 Å². The Balaban J connectivity index is 2.12. The topological polar surface area (TPSA) is 70.1 Å². The molecule has 1 aromatic heterocycles. The number of hydrogen-bond acceptors (Lipinski definition) is 4. The molecule has 0 amide bonds. The maximum absolute atomic E-state index is 12.0. The summed E-state index contributed by atoms with van der Waals surface area (Å²) in [6.45, 7) is 3.99.